The van der Waals surface area contributed by atoms with Gasteiger partial charge in [0.1, 0.15) is 0 Å². The molecular weight excluding hydrogens is 264 g/mol. The van der Waals surface area contributed by atoms with Gasteiger partial charge in [0, 0.05) is 38.8 Å². The van der Waals surface area contributed by atoms with E-state index >= 15 is 0 Å². The zero-order chi connectivity index (χ0) is 15.4. The predicted octanol–water partition coefficient (Wildman–Crippen LogP) is 2.46. The van der Waals surface area contributed by atoms with Gasteiger partial charge in [-0.1, -0.05) is 18.2 Å². The fourth-order valence-corrected chi connectivity index (χ4v) is 2.86. The van der Waals surface area contributed by atoms with Crippen molar-refractivity contribution in [3.63, 3.8) is 0 Å². The average Bonchev–Trinajstić information content (AvgIpc) is 2.48. The fourth-order valence-electron chi connectivity index (χ4n) is 2.86. The summed E-state index contributed by atoms with van der Waals surface area (Å²) in [6.45, 7) is 11.2. The van der Waals surface area contributed by atoms with Gasteiger partial charge < -0.3 is 10.0 Å². The minimum Gasteiger partial charge on any atom is -0.481 e. The Hall–Kier alpha value is -1.39. The Kier molecular flexibility index (Phi) is 5.37. The van der Waals surface area contributed by atoms with E-state index < -0.39 is 5.97 Å². The molecule has 4 heteroatoms. The number of hydrogen-bond acceptors (Lipinski definition) is 3. The summed E-state index contributed by atoms with van der Waals surface area (Å²) in [7, 11) is 0. The van der Waals surface area contributed by atoms with Gasteiger partial charge in [-0.25, -0.2) is 0 Å². The molecule has 1 aromatic rings. The number of hydrogen-bond donors (Lipinski definition) is 1. The predicted molar refractivity (Wildman–Crippen MR) is 84.6 cm³/mol. The Morgan fingerprint density at radius 1 is 1.19 bits per heavy atom. The normalized spacial score (nSPS) is 18.6. The number of piperazine rings is 1. The minimum absolute atomic E-state index is 0.243. The number of aryl methyl sites for hydroxylation is 2. The first-order chi connectivity index (χ1) is 9.97. The second-order valence-electron chi connectivity index (χ2n) is 6.04. The molecule has 1 heterocycles. The summed E-state index contributed by atoms with van der Waals surface area (Å²) in [5.41, 5.74) is 4.06. The lowest BCUT2D eigenvalue weighted by Crippen LogP contribution is -2.47. The monoisotopic (exact) mass is 290 g/mol. The number of carboxylic acids is 1. The van der Waals surface area contributed by atoms with Crippen LogP contribution in [-0.2, 0) is 4.79 Å². The Balaban J connectivity index is 1.89. The molecule has 1 atom stereocenters. The lowest BCUT2D eigenvalue weighted by molar-refractivity contribution is -0.137. The average molecular weight is 290 g/mol. The molecule has 0 aliphatic carbocycles. The Labute approximate surface area is 127 Å². The van der Waals surface area contributed by atoms with Crippen molar-refractivity contribution in [2.75, 3.05) is 32.7 Å². The Morgan fingerprint density at radius 2 is 1.86 bits per heavy atom. The van der Waals surface area contributed by atoms with Gasteiger partial charge in [-0.05, 0) is 37.5 Å². The van der Waals surface area contributed by atoms with Crippen molar-refractivity contribution in [3.8, 4) is 0 Å². The Morgan fingerprint density at radius 3 is 2.43 bits per heavy atom. The zero-order valence-corrected chi connectivity index (χ0v) is 13.3. The van der Waals surface area contributed by atoms with Crippen molar-refractivity contribution >= 4 is 5.97 Å². The van der Waals surface area contributed by atoms with E-state index in [2.05, 4.69) is 48.8 Å². The molecule has 2 rings (SSSR count). The minimum atomic E-state index is -0.707. The molecule has 1 aliphatic rings. The molecule has 0 saturated carbocycles. The van der Waals surface area contributed by atoms with Gasteiger partial charge in [-0.2, -0.15) is 0 Å². The second kappa shape index (κ2) is 7.05. The van der Waals surface area contributed by atoms with E-state index in [1.165, 1.54) is 16.7 Å². The third-order valence-electron chi connectivity index (χ3n) is 4.61. The van der Waals surface area contributed by atoms with Gasteiger partial charge in [0.15, 0.2) is 0 Å². The molecule has 4 nitrogen and oxygen atoms in total. The van der Waals surface area contributed by atoms with Crippen molar-refractivity contribution in [1.82, 2.24) is 9.80 Å². The third-order valence-corrected chi connectivity index (χ3v) is 4.61. The highest BCUT2D eigenvalue weighted by molar-refractivity contribution is 5.66. The molecule has 1 aromatic carbocycles. The standard InChI is InChI=1S/C17H26N2O2/c1-13-4-5-16(12-14(13)2)15(3)19-10-8-18(9-11-19)7-6-17(20)21/h4-5,12,15H,6-11H2,1-3H3,(H,20,21). The largest absolute Gasteiger partial charge is 0.481 e. The van der Waals surface area contributed by atoms with Gasteiger partial charge in [0.05, 0.1) is 6.42 Å². The van der Waals surface area contributed by atoms with Crippen LogP contribution in [0.2, 0.25) is 0 Å². The van der Waals surface area contributed by atoms with Crippen LogP contribution in [0.3, 0.4) is 0 Å². The van der Waals surface area contributed by atoms with Gasteiger partial charge in [-0.3, -0.25) is 9.69 Å². The topological polar surface area (TPSA) is 43.8 Å². The van der Waals surface area contributed by atoms with E-state index in [1.54, 1.807) is 0 Å². The lowest BCUT2D eigenvalue weighted by atomic mass is 10.0. The molecule has 1 unspecified atom stereocenters. The number of aliphatic carboxylic acids is 1. The van der Waals surface area contributed by atoms with Gasteiger partial charge in [-0.15, -0.1) is 0 Å². The molecule has 1 saturated heterocycles. The fraction of sp³-hybridized carbons (Fsp3) is 0.588. The van der Waals surface area contributed by atoms with Gasteiger partial charge >= 0.3 is 5.97 Å². The van der Waals surface area contributed by atoms with Crippen LogP contribution in [0.15, 0.2) is 18.2 Å². The second-order valence-corrected chi connectivity index (χ2v) is 6.04. The summed E-state index contributed by atoms with van der Waals surface area (Å²) in [6, 6.07) is 7.14. The van der Waals surface area contributed by atoms with Crippen molar-refractivity contribution in [2.24, 2.45) is 0 Å². The van der Waals surface area contributed by atoms with Crippen LogP contribution in [0.25, 0.3) is 0 Å². The molecule has 0 bridgehead atoms. The molecule has 0 spiro atoms. The van der Waals surface area contributed by atoms with E-state index in [4.69, 9.17) is 5.11 Å². The number of nitrogens with zero attached hydrogens (tertiary/aromatic N) is 2. The Bertz CT molecular complexity index is 494. The van der Waals surface area contributed by atoms with Crippen molar-refractivity contribution in [1.29, 1.82) is 0 Å². The molecular formula is C17H26N2O2. The van der Waals surface area contributed by atoms with E-state index in [9.17, 15) is 4.79 Å². The summed E-state index contributed by atoms with van der Waals surface area (Å²) in [6.07, 6.45) is 0.243. The third kappa shape index (κ3) is 4.29. The highest BCUT2D eigenvalue weighted by Gasteiger charge is 2.22. The smallest absolute Gasteiger partial charge is 0.304 e. The molecule has 1 fully saturated rings. The SMILES string of the molecule is Cc1ccc(C(C)N2CCN(CCC(=O)O)CC2)cc1C. The van der Waals surface area contributed by atoms with E-state index in [-0.39, 0.29) is 6.42 Å². The quantitative estimate of drug-likeness (QED) is 0.904. The summed E-state index contributed by atoms with van der Waals surface area (Å²) >= 11 is 0. The molecule has 116 valence electrons. The van der Waals surface area contributed by atoms with Crippen LogP contribution in [0.4, 0.5) is 0 Å². The van der Waals surface area contributed by atoms with Crippen molar-refractivity contribution in [3.05, 3.63) is 34.9 Å². The molecule has 21 heavy (non-hydrogen) atoms. The molecule has 1 N–H and O–H groups in total. The molecule has 0 amide bonds. The molecule has 0 aromatic heterocycles. The highest BCUT2D eigenvalue weighted by atomic mass is 16.4. The first kappa shape index (κ1) is 16.0. The summed E-state index contributed by atoms with van der Waals surface area (Å²) in [5, 5.41) is 8.74. The number of benzene rings is 1. The maximum Gasteiger partial charge on any atom is 0.304 e. The lowest BCUT2D eigenvalue weighted by Gasteiger charge is -2.38. The number of rotatable bonds is 5. The van der Waals surface area contributed by atoms with Crippen LogP contribution in [0, 0.1) is 13.8 Å². The van der Waals surface area contributed by atoms with Gasteiger partial charge in [0.25, 0.3) is 0 Å². The first-order valence-corrected chi connectivity index (χ1v) is 7.72. The first-order valence-electron chi connectivity index (χ1n) is 7.72. The van der Waals surface area contributed by atoms with E-state index in [0.29, 0.717) is 12.6 Å². The van der Waals surface area contributed by atoms with Crippen LogP contribution in [0.5, 0.6) is 0 Å². The van der Waals surface area contributed by atoms with Crippen LogP contribution >= 0.6 is 0 Å². The summed E-state index contributed by atoms with van der Waals surface area (Å²) in [4.78, 5) is 15.4. The van der Waals surface area contributed by atoms with E-state index in [0.717, 1.165) is 26.2 Å². The van der Waals surface area contributed by atoms with Crippen molar-refractivity contribution in [2.45, 2.75) is 33.2 Å². The van der Waals surface area contributed by atoms with Gasteiger partial charge in [0.2, 0.25) is 0 Å². The van der Waals surface area contributed by atoms with Crippen molar-refractivity contribution < 1.29 is 9.90 Å². The summed E-state index contributed by atoms with van der Waals surface area (Å²) < 4.78 is 0. The molecule has 0 radical (unpaired) electrons. The maximum absolute atomic E-state index is 10.6. The number of carboxylic acid groups (broad SMARTS) is 1. The summed E-state index contributed by atoms with van der Waals surface area (Å²) in [5.74, 6) is -0.707. The van der Waals surface area contributed by atoms with Crippen LogP contribution in [-0.4, -0.2) is 53.6 Å². The highest BCUT2D eigenvalue weighted by Crippen LogP contribution is 2.23. The zero-order valence-electron chi connectivity index (χ0n) is 13.3. The number of carbonyl (C=O) groups is 1. The maximum atomic E-state index is 10.6. The molecule has 1 aliphatic heterocycles. The van der Waals surface area contributed by atoms with Crippen LogP contribution in [0.1, 0.15) is 36.1 Å². The van der Waals surface area contributed by atoms with Crippen LogP contribution < -0.4 is 0 Å². The van der Waals surface area contributed by atoms with E-state index in [1.807, 2.05) is 0 Å².